The quantitative estimate of drug-likeness (QED) is 0.449. The monoisotopic (exact) mass is 269 g/mol. The molecular weight excluding hydrogens is 252 g/mol. The van der Waals surface area contributed by atoms with Crippen molar-refractivity contribution < 1.29 is 19.5 Å². The number of thiol groups is 1. The molecule has 1 nitrogen and oxygen atoms in total. The molecule has 0 aromatic carbocycles. The summed E-state index contributed by atoms with van der Waals surface area (Å²) in [5.74, 6) is 0. The van der Waals surface area contributed by atoms with Gasteiger partial charge in [0.1, 0.15) is 4.32 Å². The molecule has 0 N–H and O–H groups in total. The van der Waals surface area contributed by atoms with E-state index in [2.05, 4.69) is 31.4 Å². The summed E-state index contributed by atoms with van der Waals surface area (Å²) >= 11 is 9.23. The number of thiocarbonyl (C=S) groups is 1. The van der Waals surface area contributed by atoms with Crippen molar-refractivity contribution in [3.05, 3.63) is 0 Å². The molecule has 0 aromatic rings. The molecule has 0 fully saturated rings. The van der Waals surface area contributed by atoms with Crippen LogP contribution in [0.4, 0.5) is 0 Å². The van der Waals surface area contributed by atoms with Crippen molar-refractivity contribution in [2.45, 2.75) is 39.5 Å². The van der Waals surface area contributed by atoms with Crippen LogP contribution in [0.2, 0.25) is 0 Å². The third-order valence-corrected chi connectivity index (χ3v) is 2.37. The number of hydrogen-bond acceptors (Lipinski definition) is 1. The first-order valence-electron chi connectivity index (χ1n) is 4.70. The second-order valence-electron chi connectivity index (χ2n) is 2.98. The first kappa shape index (κ1) is 16.3. The Kier molecular flexibility index (Phi) is 13.7. The third-order valence-electron chi connectivity index (χ3n) is 1.83. The topological polar surface area (TPSA) is 3.24 Å². The van der Waals surface area contributed by atoms with Crippen molar-refractivity contribution in [1.82, 2.24) is 4.90 Å². The van der Waals surface area contributed by atoms with Crippen molar-refractivity contribution in [3.63, 3.8) is 0 Å². The first-order chi connectivity index (χ1) is 5.72. The van der Waals surface area contributed by atoms with Crippen molar-refractivity contribution in [1.29, 1.82) is 0 Å². The Morgan fingerprint density at radius 3 is 1.77 bits per heavy atom. The van der Waals surface area contributed by atoms with Gasteiger partial charge >= 0.3 is 0 Å². The van der Waals surface area contributed by atoms with E-state index < -0.39 is 0 Å². The van der Waals surface area contributed by atoms with Crippen LogP contribution in [0.25, 0.3) is 0 Å². The maximum Gasteiger partial charge on any atom is 0.133 e. The molecule has 0 rings (SSSR count). The summed E-state index contributed by atoms with van der Waals surface area (Å²) < 4.78 is 0.747. The molecule has 0 spiro atoms. The van der Waals surface area contributed by atoms with E-state index in [1.165, 1.54) is 25.7 Å². The van der Waals surface area contributed by atoms with Crippen LogP contribution >= 0.6 is 24.8 Å². The van der Waals surface area contributed by atoms with Crippen LogP contribution in [-0.2, 0) is 19.5 Å². The SMILES string of the molecule is CCCCN(CCCC)C(=S)S.[Zn]. The molecule has 0 unspecified atom stereocenters. The molecule has 0 aliphatic rings. The van der Waals surface area contributed by atoms with Gasteiger partial charge in [-0.05, 0) is 12.8 Å². The minimum Gasteiger partial charge on any atom is -0.358 e. The van der Waals surface area contributed by atoms with Gasteiger partial charge < -0.3 is 4.90 Å². The van der Waals surface area contributed by atoms with Crippen LogP contribution in [0.1, 0.15) is 39.5 Å². The fourth-order valence-corrected chi connectivity index (χ4v) is 1.38. The Morgan fingerprint density at radius 1 is 1.15 bits per heavy atom. The summed E-state index contributed by atoms with van der Waals surface area (Å²) in [4.78, 5) is 2.19. The second kappa shape index (κ2) is 10.9. The maximum atomic E-state index is 5.03. The largest absolute Gasteiger partial charge is 0.358 e. The molecule has 0 saturated heterocycles. The Hall–Kier alpha value is 0.863. The molecule has 0 aliphatic heterocycles. The first-order valence-corrected chi connectivity index (χ1v) is 5.55. The number of unbranched alkanes of at least 4 members (excludes halogenated alkanes) is 2. The number of hydrogen-bond donors (Lipinski definition) is 1. The predicted molar refractivity (Wildman–Crippen MR) is 63.0 cm³/mol. The summed E-state index contributed by atoms with van der Waals surface area (Å²) in [7, 11) is 0. The van der Waals surface area contributed by atoms with E-state index in [-0.39, 0.29) is 19.5 Å². The average molecular weight is 271 g/mol. The minimum atomic E-state index is 0. The molecule has 0 aromatic heterocycles. The average Bonchev–Trinajstić information content (AvgIpc) is 2.04. The molecule has 0 heterocycles. The molecule has 0 bridgehead atoms. The zero-order valence-electron chi connectivity index (χ0n) is 8.75. The zero-order chi connectivity index (χ0) is 9.40. The number of nitrogens with zero attached hydrogens (tertiary/aromatic N) is 1. The van der Waals surface area contributed by atoms with Crippen LogP contribution in [0, 0.1) is 0 Å². The van der Waals surface area contributed by atoms with Crippen LogP contribution in [0.15, 0.2) is 0 Å². The van der Waals surface area contributed by atoms with Gasteiger partial charge in [0.05, 0.1) is 0 Å². The van der Waals surface area contributed by atoms with E-state index in [0.29, 0.717) is 0 Å². The maximum absolute atomic E-state index is 5.03. The fourth-order valence-electron chi connectivity index (χ4n) is 1.00. The fraction of sp³-hybridized carbons (Fsp3) is 0.889. The Balaban J connectivity index is 0. The molecule has 13 heavy (non-hydrogen) atoms. The second-order valence-corrected chi connectivity index (χ2v) is 4.09. The van der Waals surface area contributed by atoms with Crippen molar-refractivity contribution in [2.75, 3.05) is 13.1 Å². The predicted octanol–water partition coefficient (Wildman–Crippen LogP) is 3.10. The van der Waals surface area contributed by atoms with Gasteiger partial charge in [0.15, 0.2) is 0 Å². The summed E-state index contributed by atoms with van der Waals surface area (Å²) in [6.45, 7) is 6.52. The van der Waals surface area contributed by atoms with Crippen LogP contribution < -0.4 is 0 Å². The van der Waals surface area contributed by atoms with Gasteiger partial charge in [0.25, 0.3) is 0 Å². The van der Waals surface area contributed by atoms with Crippen LogP contribution in [0.3, 0.4) is 0 Å². The summed E-state index contributed by atoms with van der Waals surface area (Å²) in [6.07, 6.45) is 4.87. The van der Waals surface area contributed by atoms with Gasteiger partial charge in [-0.2, -0.15) is 0 Å². The van der Waals surface area contributed by atoms with Gasteiger partial charge in [-0.1, -0.05) is 38.9 Å². The van der Waals surface area contributed by atoms with E-state index >= 15 is 0 Å². The normalized spacial score (nSPS) is 9.15. The summed E-state index contributed by atoms with van der Waals surface area (Å²) in [6, 6.07) is 0. The van der Waals surface area contributed by atoms with Gasteiger partial charge in [-0.3, -0.25) is 0 Å². The van der Waals surface area contributed by atoms with E-state index in [4.69, 9.17) is 12.2 Å². The zero-order valence-corrected chi connectivity index (χ0v) is 13.4. The molecular formula is C9H19NS2Zn. The van der Waals surface area contributed by atoms with E-state index in [1.54, 1.807) is 0 Å². The Labute approximate surface area is 106 Å². The van der Waals surface area contributed by atoms with E-state index in [0.717, 1.165) is 17.4 Å². The van der Waals surface area contributed by atoms with Gasteiger partial charge in [0.2, 0.25) is 0 Å². The van der Waals surface area contributed by atoms with Gasteiger partial charge in [0, 0.05) is 32.6 Å². The molecule has 74 valence electrons. The van der Waals surface area contributed by atoms with Gasteiger partial charge in [-0.25, -0.2) is 0 Å². The molecule has 0 aliphatic carbocycles. The molecule has 0 saturated carbocycles. The number of rotatable bonds is 6. The Bertz CT molecular complexity index is 123. The van der Waals surface area contributed by atoms with E-state index in [9.17, 15) is 0 Å². The third kappa shape index (κ3) is 9.17. The van der Waals surface area contributed by atoms with Crippen LogP contribution in [0.5, 0.6) is 0 Å². The molecule has 0 radical (unpaired) electrons. The smallest absolute Gasteiger partial charge is 0.133 e. The van der Waals surface area contributed by atoms with Crippen LogP contribution in [-0.4, -0.2) is 22.3 Å². The van der Waals surface area contributed by atoms with Crippen molar-refractivity contribution in [3.8, 4) is 0 Å². The minimum absolute atomic E-state index is 0. The Morgan fingerprint density at radius 2 is 1.54 bits per heavy atom. The molecule has 0 atom stereocenters. The van der Waals surface area contributed by atoms with E-state index in [1.807, 2.05) is 0 Å². The van der Waals surface area contributed by atoms with Gasteiger partial charge in [-0.15, -0.1) is 12.6 Å². The molecule has 0 amide bonds. The summed E-state index contributed by atoms with van der Waals surface area (Å²) in [5, 5.41) is 0. The molecule has 4 heteroatoms. The van der Waals surface area contributed by atoms with Crippen molar-refractivity contribution >= 4 is 29.2 Å². The summed E-state index contributed by atoms with van der Waals surface area (Å²) in [5.41, 5.74) is 0. The standard InChI is InChI=1S/C9H19NS2.Zn/c1-3-5-7-10(9(11)12)8-6-4-2;/h3-8H2,1-2H3,(H,11,12);. The van der Waals surface area contributed by atoms with Crippen molar-refractivity contribution in [2.24, 2.45) is 0 Å².